The maximum Gasteiger partial charge on any atom is 0.418 e. The van der Waals surface area contributed by atoms with Crippen LogP contribution in [0.3, 0.4) is 0 Å². The zero-order chi connectivity index (χ0) is 20.4. The first kappa shape index (κ1) is 21.0. The van der Waals surface area contributed by atoms with Gasteiger partial charge in [-0.15, -0.1) is 0 Å². The van der Waals surface area contributed by atoms with E-state index < -0.39 is 39.4 Å². The van der Waals surface area contributed by atoms with Gasteiger partial charge < -0.3 is 5.32 Å². The molecule has 0 spiro atoms. The van der Waals surface area contributed by atoms with E-state index in [2.05, 4.69) is 5.32 Å². The fourth-order valence-corrected chi connectivity index (χ4v) is 3.83. The zero-order valence-electron chi connectivity index (χ0n) is 14.3. The molecule has 10 heteroatoms. The molecule has 0 aliphatic rings. The molecule has 146 valence electrons. The number of amides is 1. The molecular formula is C17H16ClF3N2O3S. The molecule has 0 radical (unpaired) electrons. The van der Waals surface area contributed by atoms with Gasteiger partial charge in [-0.2, -0.15) is 13.2 Å². The molecule has 1 atom stereocenters. The van der Waals surface area contributed by atoms with E-state index in [9.17, 15) is 26.4 Å². The summed E-state index contributed by atoms with van der Waals surface area (Å²) in [7, 11) is -3.87. The van der Waals surface area contributed by atoms with Crippen LogP contribution in [-0.2, 0) is 21.0 Å². The van der Waals surface area contributed by atoms with Crippen LogP contribution in [0.25, 0.3) is 0 Å². The molecule has 0 saturated heterocycles. The summed E-state index contributed by atoms with van der Waals surface area (Å²) < 4.78 is 64.7. The second kappa shape index (κ2) is 7.77. The van der Waals surface area contributed by atoms with E-state index in [1.54, 1.807) is 18.2 Å². The van der Waals surface area contributed by atoms with E-state index in [1.807, 2.05) is 0 Å². The van der Waals surface area contributed by atoms with Gasteiger partial charge in [0.15, 0.2) is 0 Å². The lowest BCUT2D eigenvalue weighted by Crippen LogP contribution is -2.45. The Hall–Kier alpha value is -2.26. The number of rotatable bonds is 5. The molecular weight excluding hydrogens is 405 g/mol. The van der Waals surface area contributed by atoms with Crippen LogP contribution in [0.4, 0.5) is 24.5 Å². The van der Waals surface area contributed by atoms with Gasteiger partial charge in [-0.3, -0.25) is 9.10 Å². The molecule has 0 bridgehead atoms. The first-order valence-electron chi connectivity index (χ1n) is 7.63. The second-order valence-corrected chi connectivity index (χ2v) is 8.04. The van der Waals surface area contributed by atoms with Crippen molar-refractivity contribution in [2.24, 2.45) is 0 Å². The number of benzene rings is 2. The van der Waals surface area contributed by atoms with E-state index >= 15 is 0 Å². The Morgan fingerprint density at radius 3 is 2.26 bits per heavy atom. The molecule has 1 N–H and O–H groups in total. The van der Waals surface area contributed by atoms with Gasteiger partial charge in [0.2, 0.25) is 15.9 Å². The summed E-state index contributed by atoms with van der Waals surface area (Å²) in [6, 6.07) is 9.40. The number of nitrogens with one attached hydrogen (secondary N) is 1. The smallest absolute Gasteiger partial charge is 0.324 e. The van der Waals surface area contributed by atoms with Crippen LogP contribution in [0.5, 0.6) is 0 Å². The van der Waals surface area contributed by atoms with Crippen LogP contribution in [0.2, 0.25) is 5.02 Å². The van der Waals surface area contributed by atoms with E-state index in [4.69, 9.17) is 11.6 Å². The molecule has 0 aliphatic heterocycles. The summed E-state index contributed by atoms with van der Waals surface area (Å²) in [6.07, 6.45) is -3.83. The monoisotopic (exact) mass is 420 g/mol. The maximum atomic E-state index is 13.2. The lowest BCUT2D eigenvalue weighted by atomic mass is 10.1. The topological polar surface area (TPSA) is 66.5 Å². The highest BCUT2D eigenvalue weighted by Crippen LogP contribution is 2.36. The van der Waals surface area contributed by atoms with Crippen molar-refractivity contribution >= 4 is 38.9 Å². The first-order chi connectivity index (χ1) is 12.4. The number of sulfonamides is 1. The maximum absolute atomic E-state index is 13.2. The first-order valence-corrected chi connectivity index (χ1v) is 9.86. The average Bonchev–Trinajstić information content (AvgIpc) is 2.55. The van der Waals surface area contributed by atoms with E-state index in [1.165, 1.54) is 25.1 Å². The largest absolute Gasteiger partial charge is 0.418 e. The highest BCUT2D eigenvalue weighted by molar-refractivity contribution is 7.92. The van der Waals surface area contributed by atoms with Crippen LogP contribution < -0.4 is 9.62 Å². The Balaban J connectivity index is 2.37. The molecule has 0 fully saturated rings. The van der Waals surface area contributed by atoms with Crippen molar-refractivity contribution in [3.63, 3.8) is 0 Å². The highest BCUT2D eigenvalue weighted by Gasteiger charge is 2.35. The standard InChI is InChI=1S/C17H16ClF3N2O3S/c1-11(23(27(2,25)26)13-6-4-3-5-7-13)16(24)22-15-9-8-12(18)10-14(15)17(19,20)21/h3-11H,1-2H3,(H,22,24)/t11-/m1/s1. The van der Waals surface area contributed by atoms with Gasteiger partial charge in [0, 0.05) is 5.02 Å². The Kier molecular flexibility index (Phi) is 6.06. The number of hydrogen-bond donors (Lipinski definition) is 1. The summed E-state index contributed by atoms with van der Waals surface area (Å²) in [5, 5.41) is 2.00. The van der Waals surface area contributed by atoms with Gasteiger partial charge >= 0.3 is 6.18 Å². The third kappa shape index (κ3) is 5.14. The van der Waals surface area contributed by atoms with Gasteiger partial charge in [-0.25, -0.2) is 8.42 Å². The van der Waals surface area contributed by atoms with Crippen molar-refractivity contribution in [1.29, 1.82) is 0 Å². The summed E-state index contributed by atoms with van der Waals surface area (Å²) >= 11 is 5.61. The number of carbonyl (C=O) groups excluding carboxylic acids is 1. The molecule has 0 unspecified atom stereocenters. The molecule has 1 amide bonds. The molecule has 2 aromatic carbocycles. The van der Waals surface area contributed by atoms with E-state index in [0.29, 0.717) is 6.07 Å². The van der Waals surface area contributed by atoms with E-state index in [-0.39, 0.29) is 10.7 Å². The van der Waals surface area contributed by atoms with Crippen LogP contribution in [-0.4, -0.2) is 26.6 Å². The highest BCUT2D eigenvalue weighted by atomic mass is 35.5. The number of anilines is 2. The normalized spacial score (nSPS) is 13.1. The van der Waals surface area contributed by atoms with Crippen molar-refractivity contribution in [1.82, 2.24) is 0 Å². The summed E-state index contributed by atoms with van der Waals surface area (Å²) in [6.45, 7) is 1.28. The molecule has 0 aromatic heterocycles. The van der Waals surface area contributed by atoms with Gasteiger partial charge in [0.1, 0.15) is 6.04 Å². The molecule has 0 saturated carbocycles. The Labute approximate surface area is 159 Å². The van der Waals surface area contributed by atoms with E-state index in [0.717, 1.165) is 16.6 Å². The number of para-hydroxylation sites is 1. The minimum atomic E-state index is -4.74. The minimum Gasteiger partial charge on any atom is -0.324 e. The predicted octanol–water partition coefficient (Wildman–Crippen LogP) is 4.15. The minimum absolute atomic E-state index is 0.143. The Morgan fingerprint density at radius 2 is 1.74 bits per heavy atom. The van der Waals surface area contributed by atoms with Crippen molar-refractivity contribution in [2.75, 3.05) is 15.9 Å². The number of carbonyl (C=O) groups is 1. The summed E-state index contributed by atoms with van der Waals surface area (Å²) in [4.78, 5) is 12.5. The van der Waals surface area contributed by atoms with Crippen molar-refractivity contribution < 1.29 is 26.4 Å². The van der Waals surface area contributed by atoms with Gasteiger partial charge in [-0.05, 0) is 37.3 Å². The second-order valence-electron chi connectivity index (χ2n) is 5.75. The molecule has 2 rings (SSSR count). The quantitative estimate of drug-likeness (QED) is 0.790. The van der Waals surface area contributed by atoms with Gasteiger partial charge in [0.25, 0.3) is 0 Å². The van der Waals surface area contributed by atoms with Crippen LogP contribution in [0.15, 0.2) is 48.5 Å². The molecule has 27 heavy (non-hydrogen) atoms. The van der Waals surface area contributed by atoms with Crippen molar-refractivity contribution in [3.8, 4) is 0 Å². The lowest BCUT2D eigenvalue weighted by molar-refractivity contribution is -0.137. The molecule has 5 nitrogen and oxygen atoms in total. The Bertz CT molecular complexity index is 934. The molecule has 0 aliphatic carbocycles. The molecule has 2 aromatic rings. The number of alkyl halides is 3. The SMILES string of the molecule is C[C@H](C(=O)Nc1ccc(Cl)cc1C(F)(F)F)N(c1ccccc1)S(C)(=O)=O. The van der Waals surface area contributed by atoms with Crippen molar-refractivity contribution in [3.05, 3.63) is 59.1 Å². The predicted molar refractivity (Wildman–Crippen MR) is 98.3 cm³/mol. The summed E-state index contributed by atoms with van der Waals surface area (Å²) in [5.41, 5.74) is -1.42. The number of hydrogen-bond acceptors (Lipinski definition) is 3. The van der Waals surface area contributed by atoms with Gasteiger partial charge in [0.05, 0.1) is 23.2 Å². The number of nitrogens with zero attached hydrogens (tertiary/aromatic N) is 1. The van der Waals surface area contributed by atoms with Gasteiger partial charge in [-0.1, -0.05) is 29.8 Å². The zero-order valence-corrected chi connectivity index (χ0v) is 15.9. The average molecular weight is 421 g/mol. The van der Waals surface area contributed by atoms with Crippen molar-refractivity contribution in [2.45, 2.75) is 19.1 Å². The lowest BCUT2D eigenvalue weighted by Gasteiger charge is -2.28. The number of halogens is 4. The van der Waals surface area contributed by atoms with Crippen LogP contribution >= 0.6 is 11.6 Å². The Morgan fingerprint density at radius 1 is 1.15 bits per heavy atom. The summed E-state index contributed by atoms with van der Waals surface area (Å²) in [5.74, 6) is -0.919. The third-order valence-corrected chi connectivity index (χ3v) is 5.12. The molecule has 0 heterocycles. The van der Waals surface area contributed by atoms with Crippen LogP contribution in [0.1, 0.15) is 12.5 Å². The fraction of sp³-hybridized carbons (Fsp3) is 0.235. The third-order valence-electron chi connectivity index (χ3n) is 3.64. The fourth-order valence-electron chi connectivity index (χ4n) is 2.48. The van der Waals surface area contributed by atoms with Crippen LogP contribution in [0, 0.1) is 0 Å².